The highest BCUT2D eigenvalue weighted by Crippen LogP contribution is 2.34. The molecule has 0 aliphatic rings. The molecule has 0 spiro atoms. The predicted octanol–water partition coefficient (Wildman–Crippen LogP) is 5.98. The molecule has 1 aromatic heterocycles. The van der Waals surface area contributed by atoms with Crippen LogP contribution < -0.4 is 0 Å². The summed E-state index contributed by atoms with van der Waals surface area (Å²) in [6, 6.07) is 9.61. The average molecular weight is 401 g/mol. The van der Waals surface area contributed by atoms with Gasteiger partial charge in [-0.25, -0.2) is 4.98 Å². The first-order valence-corrected chi connectivity index (χ1v) is 7.53. The first-order valence-electron chi connectivity index (χ1n) is 5.57. The smallest absolute Gasteiger partial charge is 0.228 e. The fourth-order valence-electron chi connectivity index (χ4n) is 1.90. The second kappa shape index (κ2) is 4.93. The van der Waals surface area contributed by atoms with Crippen LogP contribution in [0.5, 0.6) is 0 Å². The van der Waals surface area contributed by atoms with Crippen molar-refractivity contribution < 1.29 is 4.42 Å². The van der Waals surface area contributed by atoms with Crippen molar-refractivity contribution in [1.29, 1.82) is 0 Å². The minimum atomic E-state index is 0.527. The van der Waals surface area contributed by atoms with Gasteiger partial charge in [-0.1, -0.05) is 27.5 Å². The average Bonchev–Trinajstić information content (AvgIpc) is 2.72. The number of nitrogens with zero attached hydrogens (tertiary/aromatic N) is 1. The molecule has 0 aliphatic carbocycles. The van der Waals surface area contributed by atoms with Gasteiger partial charge in [-0.15, -0.1) is 0 Å². The fourth-order valence-corrected chi connectivity index (χ4v) is 3.30. The first kappa shape index (κ1) is 13.2. The van der Waals surface area contributed by atoms with Crippen LogP contribution in [0.25, 0.3) is 22.6 Å². The van der Waals surface area contributed by atoms with Gasteiger partial charge in [-0.3, -0.25) is 0 Å². The molecule has 0 radical (unpaired) electrons. The van der Waals surface area contributed by atoms with Gasteiger partial charge >= 0.3 is 0 Å². The summed E-state index contributed by atoms with van der Waals surface area (Å²) in [6.45, 7) is 2.02. The molecule has 19 heavy (non-hydrogen) atoms. The van der Waals surface area contributed by atoms with Crippen LogP contribution in [0.3, 0.4) is 0 Å². The number of halogens is 3. The number of rotatable bonds is 1. The van der Waals surface area contributed by atoms with E-state index in [2.05, 4.69) is 36.8 Å². The van der Waals surface area contributed by atoms with Gasteiger partial charge in [0, 0.05) is 4.47 Å². The van der Waals surface area contributed by atoms with Crippen molar-refractivity contribution in [2.45, 2.75) is 6.92 Å². The van der Waals surface area contributed by atoms with E-state index in [1.54, 1.807) is 0 Å². The Labute approximate surface area is 132 Å². The highest BCUT2D eigenvalue weighted by Gasteiger charge is 2.14. The van der Waals surface area contributed by atoms with Crippen LogP contribution in [0.15, 0.2) is 43.7 Å². The van der Waals surface area contributed by atoms with Crippen molar-refractivity contribution in [1.82, 2.24) is 4.98 Å². The number of oxazole rings is 1. The molecule has 1 heterocycles. The molecular formula is C14H8Br2ClNO. The van der Waals surface area contributed by atoms with E-state index in [1.165, 1.54) is 0 Å². The Kier molecular flexibility index (Phi) is 3.41. The van der Waals surface area contributed by atoms with Crippen molar-refractivity contribution >= 4 is 54.6 Å². The Hall–Kier alpha value is -0.840. The van der Waals surface area contributed by atoms with Crippen LogP contribution in [0, 0.1) is 6.92 Å². The van der Waals surface area contributed by atoms with Gasteiger partial charge in [0.2, 0.25) is 5.89 Å². The molecular weight excluding hydrogens is 393 g/mol. The monoisotopic (exact) mass is 399 g/mol. The molecule has 0 aliphatic heterocycles. The maximum Gasteiger partial charge on any atom is 0.228 e. The molecule has 0 atom stereocenters. The molecule has 3 aromatic rings. The summed E-state index contributed by atoms with van der Waals surface area (Å²) in [6.07, 6.45) is 0. The number of fused-ring (bicyclic) bond motifs is 1. The predicted molar refractivity (Wildman–Crippen MR) is 84.6 cm³/mol. The Morgan fingerprint density at radius 1 is 1.16 bits per heavy atom. The van der Waals surface area contributed by atoms with Gasteiger partial charge in [-0.2, -0.15) is 0 Å². The van der Waals surface area contributed by atoms with Gasteiger partial charge in [0.1, 0.15) is 5.52 Å². The van der Waals surface area contributed by atoms with Crippen LogP contribution in [0.1, 0.15) is 5.56 Å². The molecule has 0 unspecified atom stereocenters. The van der Waals surface area contributed by atoms with Gasteiger partial charge in [-0.05, 0) is 58.7 Å². The van der Waals surface area contributed by atoms with Crippen molar-refractivity contribution in [3.05, 3.63) is 49.9 Å². The van der Waals surface area contributed by atoms with Crippen molar-refractivity contribution in [2.24, 2.45) is 0 Å². The topological polar surface area (TPSA) is 26.0 Å². The van der Waals surface area contributed by atoms with Crippen molar-refractivity contribution in [2.75, 3.05) is 0 Å². The molecule has 0 saturated heterocycles. The number of aryl methyl sites for hydroxylation is 1. The van der Waals surface area contributed by atoms with E-state index in [9.17, 15) is 0 Å². The summed E-state index contributed by atoms with van der Waals surface area (Å²) in [5, 5.41) is 0.605. The lowest BCUT2D eigenvalue weighted by molar-refractivity contribution is 0.618. The molecule has 5 heteroatoms. The zero-order valence-corrected chi connectivity index (χ0v) is 13.8. The lowest BCUT2D eigenvalue weighted by Gasteiger charge is -1.99. The summed E-state index contributed by atoms with van der Waals surface area (Å²) in [4.78, 5) is 4.50. The van der Waals surface area contributed by atoms with Gasteiger partial charge in [0.25, 0.3) is 0 Å². The van der Waals surface area contributed by atoms with E-state index in [0.29, 0.717) is 10.9 Å². The highest BCUT2D eigenvalue weighted by molar-refractivity contribution is 9.11. The third-order valence-corrected chi connectivity index (χ3v) is 4.15. The molecule has 0 amide bonds. The maximum absolute atomic E-state index is 6.22. The van der Waals surface area contributed by atoms with E-state index in [0.717, 1.165) is 31.2 Å². The Morgan fingerprint density at radius 3 is 2.68 bits per heavy atom. The number of benzene rings is 2. The maximum atomic E-state index is 6.22. The summed E-state index contributed by atoms with van der Waals surface area (Å²) in [7, 11) is 0. The third kappa shape index (κ3) is 2.45. The molecule has 0 saturated carbocycles. The fraction of sp³-hybridized carbons (Fsp3) is 0.0714. The molecule has 0 bridgehead atoms. The molecule has 3 rings (SSSR count). The Bertz CT molecular complexity index is 782. The molecule has 2 nitrogen and oxygen atoms in total. The summed E-state index contributed by atoms with van der Waals surface area (Å²) < 4.78 is 7.63. The van der Waals surface area contributed by atoms with Gasteiger partial charge in [0.05, 0.1) is 15.1 Å². The summed E-state index contributed by atoms with van der Waals surface area (Å²) in [5.41, 5.74) is 3.46. The Morgan fingerprint density at radius 2 is 1.95 bits per heavy atom. The van der Waals surface area contributed by atoms with Crippen LogP contribution in [0.4, 0.5) is 0 Å². The second-order valence-electron chi connectivity index (χ2n) is 4.24. The molecule has 96 valence electrons. The summed E-state index contributed by atoms with van der Waals surface area (Å²) in [5.74, 6) is 0.527. The Balaban J connectivity index is 2.23. The van der Waals surface area contributed by atoms with Crippen LogP contribution in [-0.2, 0) is 0 Å². The lowest BCUT2D eigenvalue weighted by Crippen LogP contribution is -1.79. The molecule has 0 N–H and O–H groups in total. The van der Waals surface area contributed by atoms with Gasteiger partial charge < -0.3 is 4.42 Å². The first-order chi connectivity index (χ1) is 9.04. The largest absolute Gasteiger partial charge is 0.435 e. The molecule has 0 fully saturated rings. The van der Waals surface area contributed by atoms with E-state index in [1.807, 2.05) is 37.3 Å². The normalized spacial score (nSPS) is 11.2. The van der Waals surface area contributed by atoms with E-state index < -0.39 is 0 Å². The standard InChI is InChI=1S/C14H8Br2ClNO/c1-7-4-10(16)13-12(5-7)18-14(19-13)9-3-2-8(15)6-11(9)17/h2-6H,1H3. The minimum absolute atomic E-state index is 0.527. The van der Waals surface area contributed by atoms with Gasteiger partial charge in [0.15, 0.2) is 5.58 Å². The number of aromatic nitrogens is 1. The van der Waals surface area contributed by atoms with Crippen LogP contribution >= 0.6 is 43.5 Å². The zero-order valence-electron chi connectivity index (χ0n) is 9.88. The summed E-state index contributed by atoms with van der Waals surface area (Å²) >= 11 is 13.1. The lowest BCUT2D eigenvalue weighted by atomic mass is 10.2. The van der Waals surface area contributed by atoms with E-state index in [-0.39, 0.29) is 0 Å². The second-order valence-corrected chi connectivity index (χ2v) is 6.42. The molecule has 2 aromatic carbocycles. The van der Waals surface area contributed by atoms with Crippen molar-refractivity contribution in [3.8, 4) is 11.5 Å². The highest BCUT2D eigenvalue weighted by atomic mass is 79.9. The van der Waals surface area contributed by atoms with E-state index in [4.69, 9.17) is 16.0 Å². The third-order valence-electron chi connectivity index (χ3n) is 2.75. The SMILES string of the molecule is Cc1cc(Br)c2oc(-c3ccc(Br)cc3Cl)nc2c1. The minimum Gasteiger partial charge on any atom is -0.435 e. The van der Waals surface area contributed by atoms with Crippen LogP contribution in [0.2, 0.25) is 5.02 Å². The number of hydrogen-bond donors (Lipinski definition) is 0. The van der Waals surface area contributed by atoms with Crippen LogP contribution in [-0.4, -0.2) is 4.98 Å². The zero-order chi connectivity index (χ0) is 13.6. The van der Waals surface area contributed by atoms with E-state index >= 15 is 0 Å². The van der Waals surface area contributed by atoms with Crippen molar-refractivity contribution in [3.63, 3.8) is 0 Å². The number of hydrogen-bond acceptors (Lipinski definition) is 2. The quantitative estimate of drug-likeness (QED) is 0.501.